The van der Waals surface area contributed by atoms with E-state index in [1.807, 2.05) is 0 Å². The Labute approximate surface area is 118 Å². The van der Waals surface area contributed by atoms with Crippen molar-refractivity contribution < 1.29 is 4.43 Å². The van der Waals surface area contributed by atoms with Gasteiger partial charge in [0.2, 0.25) is 0 Å². The first-order chi connectivity index (χ1) is 8.98. The molecule has 1 atom stereocenters. The van der Waals surface area contributed by atoms with Gasteiger partial charge in [0.1, 0.15) is 5.60 Å². The molecule has 0 bridgehead atoms. The van der Waals surface area contributed by atoms with Gasteiger partial charge in [0, 0.05) is 0 Å². The number of hydrogen-bond donors (Lipinski definition) is 0. The third kappa shape index (κ3) is 3.07. The Morgan fingerprint density at radius 1 is 1.16 bits per heavy atom. The number of allylic oxidation sites excluding steroid dienone is 2. The summed E-state index contributed by atoms with van der Waals surface area (Å²) in [6.45, 7) is 9.01. The molecule has 1 aromatic carbocycles. The average Bonchev–Trinajstić information content (AvgIpc) is 2.90. The van der Waals surface area contributed by atoms with Crippen LogP contribution in [-0.2, 0) is 10.0 Å². The third-order valence-corrected chi connectivity index (χ3v) is 4.42. The molecule has 0 N–H and O–H groups in total. The molecule has 0 heterocycles. The van der Waals surface area contributed by atoms with E-state index in [9.17, 15) is 0 Å². The monoisotopic (exact) mass is 272 g/mol. The lowest BCUT2D eigenvalue weighted by Crippen LogP contribution is -2.41. The minimum absolute atomic E-state index is 0.265. The molecule has 2 heteroatoms. The molecular weight excluding hydrogens is 248 g/mol. The third-order valence-electron chi connectivity index (χ3n) is 3.46. The summed E-state index contributed by atoms with van der Waals surface area (Å²) in [4.78, 5) is 0. The maximum atomic E-state index is 6.66. The molecule has 0 amide bonds. The van der Waals surface area contributed by atoms with Gasteiger partial charge in [0.25, 0.3) is 0 Å². The van der Waals surface area contributed by atoms with Crippen LogP contribution in [0.5, 0.6) is 0 Å². The molecule has 0 radical (unpaired) electrons. The lowest BCUT2D eigenvalue weighted by Gasteiger charge is -2.40. The highest BCUT2D eigenvalue weighted by Crippen LogP contribution is 2.41. The van der Waals surface area contributed by atoms with Crippen LogP contribution in [0.4, 0.5) is 0 Å². The Hall–Kier alpha value is -1.12. The topological polar surface area (TPSA) is 9.23 Å². The summed E-state index contributed by atoms with van der Waals surface area (Å²) >= 11 is 0. The van der Waals surface area contributed by atoms with Crippen LogP contribution in [0.2, 0.25) is 19.6 Å². The van der Waals surface area contributed by atoms with Crippen molar-refractivity contribution in [2.75, 3.05) is 0 Å². The summed E-state index contributed by atoms with van der Waals surface area (Å²) < 4.78 is 6.66. The smallest absolute Gasteiger partial charge is 0.185 e. The zero-order valence-electron chi connectivity index (χ0n) is 12.4. The quantitative estimate of drug-likeness (QED) is 0.683. The average molecular weight is 272 g/mol. The second-order valence-corrected chi connectivity index (χ2v) is 10.5. The van der Waals surface area contributed by atoms with E-state index in [2.05, 4.69) is 75.1 Å². The number of rotatable bonds is 5. The molecular formula is C17H24OSi. The summed E-state index contributed by atoms with van der Waals surface area (Å²) in [6.07, 6.45) is 8.75. The lowest BCUT2D eigenvalue weighted by atomic mass is 9.84. The van der Waals surface area contributed by atoms with Gasteiger partial charge in [0.15, 0.2) is 8.32 Å². The highest BCUT2D eigenvalue weighted by Gasteiger charge is 2.38. The molecule has 1 aliphatic carbocycles. The maximum Gasteiger partial charge on any atom is 0.185 e. The zero-order chi connectivity index (χ0) is 13.9. The molecule has 1 aromatic rings. The summed E-state index contributed by atoms with van der Waals surface area (Å²) in [5, 5.41) is 0. The van der Waals surface area contributed by atoms with Crippen LogP contribution in [0.1, 0.15) is 25.3 Å². The van der Waals surface area contributed by atoms with Gasteiger partial charge in [-0.25, -0.2) is 0 Å². The van der Waals surface area contributed by atoms with E-state index in [0.717, 1.165) is 12.8 Å². The van der Waals surface area contributed by atoms with Crippen LogP contribution in [0.15, 0.2) is 54.1 Å². The number of benzene rings is 1. The van der Waals surface area contributed by atoms with Crippen LogP contribution in [0, 0.1) is 0 Å². The molecule has 102 valence electrons. The van der Waals surface area contributed by atoms with Gasteiger partial charge in [-0.2, -0.15) is 0 Å². The Bertz CT molecular complexity index is 482. The van der Waals surface area contributed by atoms with Gasteiger partial charge in [-0.05, 0) is 43.6 Å². The molecule has 0 aliphatic heterocycles. The van der Waals surface area contributed by atoms with Crippen molar-refractivity contribution in [3.05, 3.63) is 59.7 Å². The molecule has 0 aromatic heterocycles. The largest absolute Gasteiger partial charge is 0.404 e. The van der Waals surface area contributed by atoms with E-state index >= 15 is 0 Å². The first-order valence-electron chi connectivity index (χ1n) is 7.11. The van der Waals surface area contributed by atoms with Gasteiger partial charge in [-0.3, -0.25) is 0 Å². The van der Waals surface area contributed by atoms with Crippen molar-refractivity contribution in [3.8, 4) is 0 Å². The molecule has 0 saturated heterocycles. The molecule has 2 rings (SSSR count). The first-order valence-corrected chi connectivity index (χ1v) is 10.5. The van der Waals surface area contributed by atoms with Crippen LogP contribution in [-0.4, -0.2) is 8.32 Å². The van der Waals surface area contributed by atoms with Crippen molar-refractivity contribution in [1.29, 1.82) is 0 Å². The van der Waals surface area contributed by atoms with E-state index in [1.165, 1.54) is 11.1 Å². The molecule has 19 heavy (non-hydrogen) atoms. The van der Waals surface area contributed by atoms with Crippen molar-refractivity contribution in [1.82, 2.24) is 0 Å². The standard InChI is InChI=1S/C17H24OSi/c1-5-17(18-19(2,3)4,16-13-9-10-14-16)15-11-7-6-8-12-15/h6-9,11-14H,5,10H2,1-4H3. The molecule has 1 aliphatic rings. The number of hydrogen-bond acceptors (Lipinski definition) is 1. The van der Waals surface area contributed by atoms with Gasteiger partial charge in [-0.1, -0.05) is 55.5 Å². The highest BCUT2D eigenvalue weighted by atomic mass is 28.4. The molecule has 1 unspecified atom stereocenters. The normalized spacial score (nSPS) is 18.2. The maximum absolute atomic E-state index is 6.66. The molecule has 0 fully saturated rings. The summed E-state index contributed by atoms with van der Waals surface area (Å²) in [5.74, 6) is 0. The van der Waals surface area contributed by atoms with E-state index in [-0.39, 0.29) is 5.60 Å². The van der Waals surface area contributed by atoms with Gasteiger partial charge in [0.05, 0.1) is 0 Å². The lowest BCUT2D eigenvalue weighted by molar-refractivity contribution is 0.0969. The summed E-state index contributed by atoms with van der Waals surface area (Å²) in [5.41, 5.74) is 2.33. The summed E-state index contributed by atoms with van der Waals surface area (Å²) in [7, 11) is -1.64. The second kappa shape index (κ2) is 5.47. The van der Waals surface area contributed by atoms with Crippen LogP contribution in [0.3, 0.4) is 0 Å². The van der Waals surface area contributed by atoms with Crippen molar-refractivity contribution >= 4 is 8.32 Å². The van der Waals surface area contributed by atoms with Gasteiger partial charge >= 0.3 is 0 Å². The van der Waals surface area contributed by atoms with Crippen molar-refractivity contribution in [2.45, 2.75) is 45.0 Å². The van der Waals surface area contributed by atoms with E-state index < -0.39 is 8.32 Å². The van der Waals surface area contributed by atoms with Gasteiger partial charge in [-0.15, -0.1) is 0 Å². The summed E-state index contributed by atoms with van der Waals surface area (Å²) in [6, 6.07) is 10.7. The van der Waals surface area contributed by atoms with E-state index in [1.54, 1.807) is 0 Å². The predicted octanol–water partition coefficient (Wildman–Crippen LogP) is 5.03. The second-order valence-electron chi connectivity index (χ2n) is 6.06. The van der Waals surface area contributed by atoms with Crippen molar-refractivity contribution in [2.24, 2.45) is 0 Å². The van der Waals surface area contributed by atoms with E-state index in [0.29, 0.717) is 0 Å². The Morgan fingerprint density at radius 2 is 1.84 bits per heavy atom. The minimum Gasteiger partial charge on any atom is -0.404 e. The highest BCUT2D eigenvalue weighted by molar-refractivity contribution is 6.69. The molecule has 1 nitrogen and oxygen atoms in total. The fourth-order valence-electron chi connectivity index (χ4n) is 2.75. The Kier molecular flexibility index (Phi) is 4.12. The SMILES string of the molecule is CCC(O[Si](C)(C)C)(C1=CCC=C1)c1ccccc1. The first kappa shape index (κ1) is 14.3. The molecule has 0 spiro atoms. The molecule has 0 saturated carbocycles. The van der Waals surface area contributed by atoms with E-state index in [4.69, 9.17) is 4.43 Å². The van der Waals surface area contributed by atoms with Gasteiger partial charge < -0.3 is 4.43 Å². The minimum atomic E-state index is -1.64. The predicted molar refractivity (Wildman–Crippen MR) is 84.7 cm³/mol. The Morgan fingerprint density at radius 3 is 2.32 bits per heavy atom. The zero-order valence-corrected chi connectivity index (χ0v) is 13.4. The fraction of sp³-hybridized carbons (Fsp3) is 0.412. The van der Waals surface area contributed by atoms with Crippen LogP contribution < -0.4 is 0 Å². The van der Waals surface area contributed by atoms with Crippen LogP contribution in [0.25, 0.3) is 0 Å². The van der Waals surface area contributed by atoms with Crippen LogP contribution >= 0.6 is 0 Å². The fourth-order valence-corrected chi connectivity index (χ4v) is 4.18. The van der Waals surface area contributed by atoms with Crippen molar-refractivity contribution in [3.63, 3.8) is 0 Å². The Balaban J connectivity index is 2.50.